The second-order valence-corrected chi connectivity index (χ2v) is 9.41. The molecule has 0 N–H and O–H groups in total. The van der Waals surface area contributed by atoms with Gasteiger partial charge < -0.3 is 0 Å². The molecular weight excluding hydrogens is 368 g/mol. The molecule has 124 valence electrons. The molecule has 0 spiro atoms. The molecule has 0 unspecified atom stereocenters. The summed E-state index contributed by atoms with van der Waals surface area (Å²) in [7, 11) is 0. The Hall–Kier alpha value is 0.270. The molecule has 0 saturated carbocycles. The summed E-state index contributed by atoms with van der Waals surface area (Å²) >= 11 is 0.124. The first-order chi connectivity index (χ1) is 10.3. The van der Waals surface area contributed by atoms with E-state index in [2.05, 4.69) is 39.0 Å². The van der Waals surface area contributed by atoms with Crippen LogP contribution in [-0.2, 0) is 0 Å². The molecule has 0 aromatic heterocycles. The fourth-order valence-electron chi connectivity index (χ4n) is 2.24. The Morgan fingerprint density at radius 2 is 1.43 bits per heavy atom. The van der Waals surface area contributed by atoms with Gasteiger partial charge in [0.1, 0.15) is 0 Å². The van der Waals surface area contributed by atoms with E-state index >= 15 is 0 Å². The molecule has 0 aromatic carbocycles. The topological polar surface area (TPSA) is 0 Å². The number of hydrogen-bond acceptors (Lipinski definition) is 0. The minimum atomic E-state index is 0.124. The predicted octanol–water partition coefficient (Wildman–Crippen LogP) is 7.29. The quantitative estimate of drug-likeness (QED) is 0.152. The summed E-state index contributed by atoms with van der Waals surface area (Å²) in [6.07, 6.45) is 23.8. The second kappa shape index (κ2) is 18.3. The van der Waals surface area contributed by atoms with Crippen LogP contribution < -0.4 is 0 Å². The predicted molar refractivity (Wildman–Crippen MR) is 100 cm³/mol. The van der Waals surface area contributed by atoms with Gasteiger partial charge in [0.05, 0.1) is 0 Å². The standard InChI is InChI=1S/C20H38Te/c1-4-7-10-12-13-14-16-18-20(21-19-9-6-3)17-15-11-8-5-2/h14,16,18H,4-13,15,17,19H2,1-3H3/b16-14+,20-18+. The molecule has 1 heteroatoms. The van der Waals surface area contributed by atoms with Crippen LogP contribution in [0.15, 0.2) is 21.8 Å². The summed E-state index contributed by atoms with van der Waals surface area (Å²) in [5.41, 5.74) is 0. The minimum absolute atomic E-state index is 0.124. The number of rotatable bonds is 15. The van der Waals surface area contributed by atoms with Crippen molar-refractivity contribution in [2.24, 2.45) is 0 Å². The van der Waals surface area contributed by atoms with Crippen LogP contribution in [0, 0.1) is 0 Å². The molecule has 0 amide bonds. The van der Waals surface area contributed by atoms with Crippen LogP contribution in [0.3, 0.4) is 0 Å². The van der Waals surface area contributed by atoms with Crippen LogP contribution in [-0.4, -0.2) is 20.9 Å². The molecule has 0 bridgehead atoms. The summed E-state index contributed by atoms with van der Waals surface area (Å²) in [6.45, 7) is 6.89. The fourth-order valence-corrected chi connectivity index (χ4v) is 5.54. The third-order valence-corrected chi connectivity index (χ3v) is 7.14. The van der Waals surface area contributed by atoms with Crippen molar-refractivity contribution >= 4 is 20.9 Å². The van der Waals surface area contributed by atoms with Gasteiger partial charge in [0.25, 0.3) is 0 Å². The van der Waals surface area contributed by atoms with E-state index in [9.17, 15) is 0 Å². The number of unbranched alkanes of at least 4 members (excludes halogenated alkanes) is 8. The van der Waals surface area contributed by atoms with Crippen molar-refractivity contribution < 1.29 is 0 Å². The number of allylic oxidation sites excluding steroid dienone is 4. The SMILES string of the molecule is CCCCCC/C=C/C=C(\CCCCCC)[Te]CCCC. The monoisotopic (exact) mass is 408 g/mol. The molecule has 0 atom stereocenters. The van der Waals surface area contributed by atoms with Crippen molar-refractivity contribution in [3.8, 4) is 0 Å². The van der Waals surface area contributed by atoms with E-state index < -0.39 is 0 Å². The zero-order chi connectivity index (χ0) is 15.6. The molecule has 0 nitrogen and oxygen atoms in total. The maximum atomic E-state index is 2.48. The normalized spacial score (nSPS) is 12.4. The van der Waals surface area contributed by atoms with E-state index in [1.165, 1.54) is 81.5 Å². The van der Waals surface area contributed by atoms with Gasteiger partial charge in [-0.3, -0.25) is 0 Å². The van der Waals surface area contributed by atoms with Gasteiger partial charge in [-0.15, -0.1) is 0 Å². The zero-order valence-corrected chi connectivity index (χ0v) is 17.2. The van der Waals surface area contributed by atoms with Crippen LogP contribution in [0.5, 0.6) is 0 Å². The van der Waals surface area contributed by atoms with Crippen molar-refractivity contribution in [2.75, 3.05) is 0 Å². The third kappa shape index (κ3) is 16.5. The van der Waals surface area contributed by atoms with Gasteiger partial charge in [0.15, 0.2) is 0 Å². The third-order valence-electron chi connectivity index (χ3n) is 3.70. The van der Waals surface area contributed by atoms with Crippen LogP contribution in [0.25, 0.3) is 0 Å². The first kappa shape index (κ1) is 21.3. The summed E-state index contributed by atoms with van der Waals surface area (Å²) in [5.74, 6) is 0. The fraction of sp³-hybridized carbons (Fsp3) is 0.800. The van der Waals surface area contributed by atoms with Gasteiger partial charge in [-0.2, -0.15) is 0 Å². The molecule has 0 aliphatic rings. The van der Waals surface area contributed by atoms with Crippen LogP contribution in [0.1, 0.15) is 97.8 Å². The van der Waals surface area contributed by atoms with Crippen LogP contribution in [0.4, 0.5) is 0 Å². The molecule has 0 rings (SSSR count). The Kier molecular flexibility index (Phi) is 18.6. The summed E-state index contributed by atoms with van der Waals surface area (Å²) in [6, 6.07) is 0. The molecule has 0 aliphatic carbocycles. The molecule has 0 heterocycles. The van der Waals surface area contributed by atoms with Gasteiger partial charge in [0.2, 0.25) is 0 Å². The van der Waals surface area contributed by atoms with Crippen molar-refractivity contribution in [2.45, 2.75) is 102 Å². The summed E-state index contributed by atoms with van der Waals surface area (Å²) in [4.78, 5) is 0. The Labute approximate surface area is 144 Å². The Balaban J connectivity index is 3.96. The first-order valence-electron chi connectivity index (χ1n) is 9.33. The van der Waals surface area contributed by atoms with Gasteiger partial charge in [-0.25, -0.2) is 0 Å². The van der Waals surface area contributed by atoms with Crippen LogP contribution >= 0.6 is 0 Å². The van der Waals surface area contributed by atoms with E-state index in [0.717, 1.165) is 0 Å². The van der Waals surface area contributed by atoms with Crippen molar-refractivity contribution in [1.82, 2.24) is 0 Å². The van der Waals surface area contributed by atoms with Crippen LogP contribution in [0.2, 0.25) is 4.47 Å². The number of hydrogen-bond donors (Lipinski definition) is 0. The van der Waals surface area contributed by atoms with Crippen molar-refractivity contribution in [3.63, 3.8) is 0 Å². The van der Waals surface area contributed by atoms with Gasteiger partial charge in [-0.05, 0) is 0 Å². The molecule has 21 heavy (non-hydrogen) atoms. The maximum absolute atomic E-state index is 2.48. The average molecular weight is 406 g/mol. The Morgan fingerprint density at radius 3 is 2.10 bits per heavy atom. The van der Waals surface area contributed by atoms with E-state index in [0.29, 0.717) is 0 Å². The van der Waals surface area contributed by atoms with E-state index in [1.54, 1.807) is 0 Å². The molecule has 0 aromatic rings. The molecule has 0 fully saturated rings. The van der Waals surface area contributed by atoms with E-state index in [-0.39, 0.29) is 20.9 Å². The van der Waals surface area contributed by atoms with Gasteiger partial charge in [0, 0.05) is 0 Å². The van der Waals surface area contributed by atoms with Gasteiger partial charge in [-0.1, -0.05) is 0 Å². The molecule has 0 saturated heterocycles. The average Bonchev–Trinajstić information content (AvgIpc) is 2.50. The molecule has 0 aliphatic heterocycles. The Morgan fingerprint density at radius 1 is 0.762 bits per heavy atom. The van der Waals surface area contributed by atoms with Crippen molar-refractivity contribution in [1.29, 1.82) is 0 Å². The molecule has 0 radical (unpaired) electrons. The first-order valence-corrected chi connectivity index (χ1v) is 12.1. The second-order valence-electron chi connectivity index (χ2n) is 5.92. The Bertz CT molecular complexity index is 253. The van der Waals surface area contributed by atoms with E-state index in [4.69, 9.17) is 0 Å². The molecular formula is C20H38Te. The summed E-state index contributed by atoms with van der Waals surface area (Å²) in [5, 5.41) is 0. The van der Waals surface area contributed by atoms with E-state index in [1.807, 2.05) is 3.62 Å². The summed E-state index contributed by atoms with van der Waals surface area (Å²) < 4.78 is 3.32. The van der Waals surface area contributed by atoms with Crippen molar-refractivity contribution in [3.05, 3.63) is 21.8 Å². The van der Waals surface area contributed by atoms with Gasteiger partial charge >= 0.3 is 145 Å². The zero-order valence-electron chi connectivity index (χ0n) is 14.8.